The van der Waals surface area contributed by atoms with Gasteiger partial charge in [-0.2, -0.15) is 5.10 Å². The van der Waals surface area contributed by atoms with Gasteiger partial charge in [0, 0.05) is 11.5 Å². The Hall–Kier alpha value is -1.04. The molecule has 1 unspecified atom stereocenters. The van der Waals surface area contributed by atoms with Crippen LogP contribution in [0.3, 0.4) is 0 Å². The summed E-state index contributed by atoms with van der Waals surface area (Å²) in [5, 5.41) is 4.77. The Morgan fingerprint density at radius 1 is 1.50 bits per heavy atom. The first-order valence-electron chi connectivity index (χ1n) is 5.31. The second-order valence-corrected chi connectivity index (χ2v) is 5.13. The number of methoxy groups -OCH3 is 1. The second kappa shape index (κ2) is 5.30. The van der Waals surface area contributed by atoms with Crippen molar-refractivity contribution in [3.8, 4) is 5.75 Å². The first kappa shape index (κ1) is 13.4. The number of hydrogen-bond donors (Lipinski definition) is 1. The minimum atomic E-state index is -0.335. The van der Waals surface area contributed by atoms with Gasteiger partial charge in [-0.05, 0) is 33.6 Å². The van der Waals surface area contributed by atoms with Gasteiger partial charge in [-0.25, -0.2) is 0 Å². The molecule has 0 radical (unpaired) electrons. The number of hydrogen-bond acceptors (Lipinski definition) is 3. The molecule has 2 N–H and O–H groups in total. The zero-order valence-electron chi connectivity index (χ0n) is 10.0. The second-order valence-electron chi connectivity index (χ2n) is 3.87. The van der Waals surface area contributed by atoms with Crippen LogP contribution in [-0.2, 0) is 7.05 Å². The summed E-state index contributed by atoms with van der Waals surface area (Å²) in [7, 11) is 3.43. The molecule has 6 heteroatoms. The maximum absolute atomic E-state index is 6.24. The van der Waals surface area contributed by atoms with E-state index in [1.807, 2.05) is 25.2 Å². The molecule has 4 nitrogen and oxygen atoms in total. The van der Waals surface area contributed by atoms with E-state index < -0.39 is 0 Å². The van der Waals surface area contributed by atoms with Crippen molar-refractivity contribution in [1.29, 1.82) is 0 Å². The van der Waals surface area contributed by atoms with Crippen molar-refractivity contribution in [2.75, 3.05) is 7.11 Å². The standard InChI is InChI=1S/C12H13BrClN3O/c1-17-12(10(18-2)6-16-17)11(15)7-3-4-8(13)9(14)5-7/h3-6,11H,15H2,1-2H3. The third-order valence-corrected chi connectivity index (χ3v) is 4.00. The third kappa shape index (κ3) is 2.39. The monoisotopic (exact) mass is 329 g/mol. The van der Waals surface area contributed by atoms with E-state index in [-0.39, 0.29) is 6.04 Å². The molecule has 18 heavy (non-hydrogen) atoms. The quantitative estimate of drug-likeness (QED) is 0.941. The van der Waals surface area contributed by atoms with Gasteiger partial charge in [-0.15, -0.1) is 0 Å². The normalized spacial score (nSPS) is 12.5. The molecule has 0 amide bonds. The Bertz CT molecular complexity index is 570. The van der Waals surface area contributed by atoms with Gasteiger partial charge >= 0.3 is 0 Å². The van der Waals surface area contributed by atoms with Gasteiger partial charge in [0.05, 0.1) is 24.4 Å². The van der Waals surface area contributed by atoms with Crippen LogP contribution >= 0.6 is 27.5 Å². The van der Waals surface area contributed by atoms with Crippen LogP contribution in [0.2, 0.25) is 5.02 Å². The van der Waals surface area contributed by atoms with Gasteiger partial charge < -0.3 is 10.5 Å². The molecule has 2 aromatic rings. The predicted molar refractivity (Wildman–Crippen MR) is 74.9 cm³/mol. The summed E-state index contributed by atoms with van der Waals surface area (Å²) in [4.78, 5) is 0. The molecule has 0 aliphatic rings. The van der Waals surface area contributed by atoms with E-state index in [0.717, 1.165) is 15.7 Å². The van der Waals surface area contributed by atoms with Crippen molar-refractivity contribution in [3.05, 3.63) is 45.1 Å². The SMILES string of the molecule is COc1cnn(C)c1C(N)c1ccc(Br)c(Cl)c1. The summed E-state index contributed by atoms with van der Waals surface area (Å²) < 4.78 is 7.81. The zero-order chi connectivity index (χ0) is 13.3. The average Bonchev–Trinajstić information content (AvgIpc) is 2.73. The summed E-state index contributed by atoms with van der Waals surface area (Å²) in [6.45, 7) is 0. The Morgan fingerprint density at radius 3 is 2.83 bits per heavy atom. The van der Waals surface area contributed by atoms with Crippen LogP contribution in [0.4, 0.5) is 0 Å². The summed E-state index contributed by atoms with van der Waals surface area (Å²) in [6, 6.07) is 5.30. The van der Waals surface area contributed by atoms with Crippen LogP contribution < -0.4 is 10.5 Å². The van der Waals surface area contributed by atoms with Crippen molar-refractivity contribution in [2.45, 2.75) is 6.04 Å². The Balaban J connectivity index is 2.44. The minimum absolute atomic E-state index is 0.335. The highest BCUT2D eigenvalue weighted by molar-refractivity contribution is 9.10. The molecule has 1 atom stereocenters. The fraction of sp³-hybridized carbons (Fsp3) is 0.250. The maximum Gasteiger partial charge on any atom is 0.161 e. The number of aromatic nitrogens is 2. The maximum atomic E-state index is 6.24. The highest BCUT2D eigenvalue weighted by atomic mass is 79.9. The smallest absolute Gasteiger partial charge is 0.161 e. The average molecular weight is 331 g/mol. The molecule has 96 valence electrons. The highest BCUT2D eigenvalue weighted by Gasteiger charge is 2.19. The van der Waals surface area contributed by atoms with E-state index in [1.165, 1.54) is 0 Å². The predicted octanol–water partition coefficient (Wildman–Crippen LogP) is 2.89. The number of ether oxygens (including phenoxy) is 1. The van der Waals surface area contributed by atoms with E-state index in [9.17, 15) is 0 Å². The largest absolute Gasteiger partial charge is 0.493 e. The van der Waals surface area contributed by atoms with Gasteiger partial charge in [-0.3, -0.25) is 4.68 Å². The molecule has 0 saturated carbocycles. The van der Waals surface area contributed by atoms with Crippen molar-refractivity contribution < 1.29 is 4.74 Å². The molecule has 0 bridgehead atoms. The van der Waals surface area contributed by atoms with Crippen LogP contribution in [0.25, 0.3) is 0 Å². The summed E-state index contributed by atoms with van der Waals surface area (Å²) in [5.74, 6) is 0.670. The van der Waals surface area contributed by atoms with Gasteiger partial charge in [0.25, 0.3) is 0 Å². The number of halogens is 2. The molecule has 0 aliphatic carbocycles. The number of aryl methyl sites for hydroxylation is 1. The summed E-state index contributed by atoms with van der Waals surface area (Å²) in [6.07, 6.45) is 1.65. The van der Waals surface area contributed by atoms with Crippen molar-refractivity contribution >= 4 is 27.5 Å². The molecule has 1 aromatic carbocycles. The third-order valence-electron chi connectivity index (χ3n) is 2.77. The first-order chi connectivity index (χ1) is 8.54. The molecule has 0 aliphatic heterocycles. The molecule has 0 saturated heterocycles. The topological polar surface area (TPSA) is 53.1 Å². The Morgan fingerprint density at radius 2 is 2.22 bits per heavy atom. The number of rotatable bonds is 3. The van der Waals surface area contributed by atoms with Crippen LogP contribution in [0.15, 0.2) is 28.9 Å². The highest BCUT2D eigenvalue weighted by Crippen LogP contribution is 2.31. The van der Waals surface area contributed by atoms with Crippen LogP contribution in [0.1, 0.15) is 17.3 Å². The number of benzene rings is 1. The van der Waals surface area contributed by atoms with Gasteiger partial charge in [0.1, 0.15) is 5.69 Å². The van der Waals surface area contributed by atoms with Crippen molar-refractivity contribution in [3.63, 3.8) is 0 Å². The lowest BCUT2D eigenvalue weighted by atomic mass is 10.0. The van der Waals surface area contributed by atoms with Crippen LogP contribution in [0, 0.1) is 0 Å². The first-order valence-corrected chi connectivity index (χ1v) is 6.48. The van der Waals surface area contributed by atoms with Crippen LogP contribution in [0.5, 0.6) is 5.75 Å². The molecular formula is C12H13BrClN3O. The molecule has 0 spiro atoms. The fourth-order valence-electron chi connectivity index (χ4n) is 1.80. The van der Waals surface area contributed by atoms with Crippen molar-refractivity contribution in [1.82, 2.24) is 9.78 Å². The molecule has 0 fully saturated rings. The van der Waals surface area contributed by atoms with Gasteiger partial charge in [0.15, 0.2) is 5.75 Å². The lowest BCUT2D eigenvalue weighted by Gasteiger charge is -2.15. The summed E-state index contributed by atoms with van der Waals surface area (Å²) >= 11 is 9.43. The Kier molecular flexibility index (Phi) is 3.94. The molecule has 1 heterocycles. The molecule has 2 rings (SSSR count). The molecular weight excluding hydrogens is 318 g/mol. The van der Waals surface area contributed by atoms with Gasteiger partial charge in [-0.1, -0.05) is 17.7 Å². The van der Waals surface area contributed by atoms with Crippen molar-refractivity contribution in [2.24, 2.45) is 12.8 Å². The lowest BCUT2D eigenvalue weighted by Crippen LogP contribution is -2.16. The van der Waals surface area contributed by atoms with E-state index in [2.05, 4.69) is 21.0 Å². The number of nitrogens with two attached hydrogens (primary N) is 1. The van der Waals surface area contributed by atoms with Gasteiger partial charge in [0.2, 0.25) is 0 Å². The van der Waals surface area contributed by atoms with E-state index in [1.54, 1.807) is 18.0 Å². The summed E-state index contributed by atoms with van der Waals surface area (Å²) in [5.41, 5.74) is 7.97. The van der Waals surface area contributed by atoms with E-state index in [4.69, 9.17) is 22.1 Å². The van der Waals surface area contributed by atoms with E-state index in [0.29, 0.717) is 10.8 Å². The minimum Gasteiger partial charge on any atom is -0.493 e. The number of nitrogens with zero attached hydrogens (tertiary/aromatic N) is 2. The molecule has 1 aromatic heterocycles. The van der Waals surface area contributed by atoms with E-state index >= 15 is 0 Å². The fourth-order valence-corrected chi connectivity index (χ4v) is 2.24. The Labute approximate surface area is 119 Å². The lowest BCUT2D eigenvalue weighted by molar-refractivity contribution is 0.406. The zero-order valence-corrected chi connectivity index (χ0v) is 12.4. The van der Waals surface area contributed by atoms with Crippen LogP contribution in [-0.4, -0.2) is 16.9 Å².